The van der Waals surface area contributed by atoms with Crippen LogP contribution in [0.5, 0.6) is 5.88 Å². The molecular weight excluding hydrogens is 410 g/mol. The zero-order valence-electron chi connectivity index (χ0n) is 17.5. The van der Waals surface area contributed by atoms with Crippen molar-refractivity contribution in [1.82, 2.24) is 45.1 Å². The zero-order valence-corrected chi connectivity index (χ0v) is 17.5. The molecule has 0 aliphatic rings. The van der Waals surface area contributed by atoms with Crippen LogP contribution in [0.25, 0.3) is 22.8 Å². The maximum atomic E-state index is 5.85. The second-order valence-corrected chi connectivity index (χ2v) is 7.17. The van der Waals surface area contributed by atoms with E-state index in [2.05, 4.69) is 35.7 Å². The van der Waals surface area contributed by atoms with Crippen LogP contribution in [0.4, 0.5) is 0 Å². The third-order valence-electron chi connectivity index (χ3n) is 4.86. The average molecular weight is 429 g/mol. The summed E-state index contributed by atoms with van der Waals surface area (Å²) in [5, 5.41) is 19.7. The molecule has 4 heterocycles. The molecule has 0 unspecified atom stereocenters. The molecule has 1 aromatic carbocycles. The first-order chi connectivity index (χ1) is 15.7. The number of rotatable bonds is 7. The van der Waals surface area contributed by atoms with Crippen molar-refractivity contribution in [1.29, 1.82) is 0 Å². The van der Waals surface area contributed by atoms with Crippen LogP contribution in [-0.2, 0) is 20.2 Å². The van der Waals surface area contributed by atoms with E-state index in [9.17, 15) is 0 Å². The van der Waals surface area contributed by atoms with E-state index in [-0.39, 0.29) is 6.61 Å². The van der Waals surface area contributed by atoms with Crippen LogP contribution in [0.15, 0.2) is 59.5 Å². The largest absolute Gasteiger partial charge is 0.471 e. The first kappa shape index (κ1) is 19.5. The molecule has 0 bridgehead atoms. The second-order valence-electron chi connectivity index (χ2n) is 7.17. The summed E-state index contributed by atoms with van der Waals surface area (Å²) in [6.45, 7) is 2.73. The minimum atomic E-state index is 0.265. The second kappa shape index (κ2) is 8.38. The topological polar surface area (TPSA) is 122 Å². The van der Waals surface area contributed by atoms with Gasteiger partial charge in [0.1, 0.15) is 12.9 Å². The molecule has 4 aromatic heterocycles. The van der Waals surface area contributed by atoms with Gasteiger partial charge >= 0.3 is 0 Å². The molecule has 0 saturated carbocycles. The maximum Gasteiger partial charge on any atom is 0.261 e. The summed E-state index contributed by atoms with van der Waals surface area (Å²) in [6, 6.07) is 13.5. The molecule has 160 valence electrons. The number of benzene rings is 1. The van der Waals surface area contributed by atoms with Gasteiger partial charge < -0.3 is 9.26 Å². The smallest absolute Gasteiger partial charge is 0.261 e. The Hall–Kier alpha value is -4.41. The van der Waals surface area contributed by atoms with Gasteiger partial charge in [-0.05, 0) is 35.0 Å². The molecular formula is C21H19N9O2. The minimum absolute atomic E-state index is 0.265. The average Bonchev–Trinajstić information content (AvgIpc) is 3.54. The van der Waals surface area contributed by atoms with Crippen LogP contribution in [0.3, 0.4) is 0 Å². The van der Waals surface area contributed by atoms with E-state index < -0.39 is 0 Å². The standard InChI is InChI=1S/C21H19N9O2/c1-14-5-3-8-19(24-14)31-12-18-17(10-23-29(18)2)21-25-20(26-32-21)16-7-4-6-15(9-16)11-30-13-22-27-28-30/h3-10,13H,11-12H2,1-2H3. The van der Waals surface area contributed by atoms with Crippen LogP contribution >= 0.6 is 0 Å². The number of pyridine rings is 1. The highest BCUT2D eigenvalue weighted by atomic mass is 16.5. The third-order valence-corrected chi connectivity index (χ3v) is 4.86. The molecule has 0 aliphatic heterocycles. The number of ether oxygens (including phenoxy) is 1. The number of nitrogens with zero attached hydrogens (tertiary/aromatic N) is 9. The summed E-state index contributed by atoms with van der Waals surface area (Å²) in [6.07, 6.45) is 3.26. The number of aryl methyl sites for hydroxylation is 2. The van der Waals surface area contributed by atoms with Gasteiger partial charge in [-0.1, -0.05) is 29.4 Å². The van der Waals surface area contributed by atoms with Gasteiger partial charge in [-0.3, -0.25) is 4.68 Å². The molecule has 11 heteroatoms. The first-order valence-electron chi connectivity index (χ1n) is 9.87. The van der Waals surface area contributed by atoms with Crippen LogP contribution in [0.1, 0.15) is 17.0 Å². The van der Waals surface area contributed by atoms with E-state index >= 15 is 0 Å². The Morgan fingerprint density at radius 2 is 2.00 bits per heavy atom. The highest BCUT2D eigenvalue weighted by molar-refractivity contribution is 5.61. The molecule has 0 radical (unpaired) electrons. The molecule has 0 atom stereocenters. The molecule has 0 amide bonds. The van der Waals surface area contributed by atoms with E-state index in [1.54, 1.807) is 21.9 Å². The Morgan fingerprint density at radius 1 is 1.09 bits per heavy atom. The molecule has 32 heavy (non-hydrogen) atoms. The first-order valence-corrected chi connectivity index (χ1v) is 9.87. The van der Waals surface area contributed by atoms with Gasteiger partial charge in [-0.15, -0.1) is 5.10 Å². The highest BCUT2D eigenvalue weighted by Crippen LogP contribution is 2.26. The van der Waals surface area contributed by atoms with E-state index in [1.165, 1.54) is 0 Å². The van der Waals surface area contributed by atoms with Gasteiger partial charge in [0.15, 0.2) is 0 Å². The van der Waals surface area contributed by atoms with Crippen molar-refractivity contribution >= 4 is 0 Å². The van der Waals surface area contributed by atoms with Gasteiger partial charge in [0.25, 0.3) is 5.89 Å². The molecule has 0 N–H and O–H groups in total. The van der Waals surface area contributed by atoms with E-state index in [1.807, 2.05) is 56.4 Å². The fourth-order valence-electron chi connectivity index (χ4n) is 3.25. The SMILES string of the molecule is Cc1cccc(OCc2c(-c3nc(-c4cccc(Cn5cnnn5)c4)no3)cnn2C)n1. The van der Waals surface area contributed by atoms with Crippen molar-refractivity contribution in [2.75, 3.05) is 0 Å². The van der Waals surface area contributed by atoms with Gasteiger partial charge in [0.05, 0.1) is 24.0 Å². The van der Waals surface area contributed by atoms with Crippen LogP contribution in [0.2, 0.25) is 0 Å². The Bertz CT molecular complexity index is 1340. The Kier molecular flexibility index (Phi) is 5.12. The van der Waals surface area contributed by atoms with Crippen molar-refractivity contribution in [3.63, 3.8) is 0 Å². The molecule has 11 nitrogen and oxygen atoms in total. The lowest BCUT2D eigenvalue weighted by Gasteiger charge is -2.07. The summed E-state index contributed by atoms with van der Waals surface area (Å²) in [5.41, 5.74) is 4.25. The Labute approximate surface area is 182 Å². The van der Waals surface area contributed by atoms with Crippen molar-refractivity contribution in [3.05, 3.63) is 71.9 Å². The number of hydrogen-bond donors (Lipinski definition) is 0. The van der Waals surface area contributed by atoms with E-state index in [0.29, 0.717) is 29.7 Å². The molecule has 5 rings (SSSR count). The van der Waals surface area contributed by atoms with Crippen LogP contribution in [-0.4, -0.2) is 45.1 Å². The van der Waals surface area contributed by atoms with E-state index in [0.717, 1.165) is 22.5 Å². The van der Waals surface area contributed by atoms with Gasteiger partial charge in [-0.2, -0.15) is 10.1 Å². The summed E-state index contributed by atoms with van der Waals surface area (Å²) in [5.74, 6) is 1.40. The summed E-state index contributed by atoms with van der Waals surface area (Å²) < 4.78 is 14.8. The highest BCUT2D eigenvalue weighted by Gasteiger charge is 2.19. The normalized spacial score (nSPS) is 11.1. The molecule has 5 aromatic rings. The predicted molar refractivity (Wildman–Crippen MR) is 112 cm³/mol. The maximum absolute atomic E-state index is 5.85. The van der Waals surface area contributed by atoms with E-state index in [4.69, 9.17) is 9.26 Å². The third kappa shape index (κ3) is 4.08. The summed E-state index contributed by atoms with van der Waals surface area (Å²) >= 11 is 0. The number of hydrogen-bond acceptors (Lipinski definition) is 9. The Balaban J connectivity index is 1.37. The van der Waals surface area contributed by atoms with Crippen molar-refractivity contribution < 1.29 is 9.26 Å². The lowest BCUT2D eigenvalue weighted by Crippen LogP contribution is -2.05. The fourth-order valence-corrected chi connectivity index (χ4v) is 3.25. The van der Waals surface area contributed by atoms with Gasteiger partial charge in [0, 0.05) is 24.4 Å². The van der Waals surface area contributed by atoms with Crippen molar-refractivity contribution in [2.45, 2.75) is 20.1 Å². The van der Waals surface area contributed by atoms with Gasteiger partial charge in [-0.25, -0.2) is 9.67 Å². The lowest BCUT2D eigenvalue weighted by atomic mass is 10.1. The molecule has 0 saturated heterocycles. The fraction of sp³-hybridized carbons (Fsp3) is 0.190. The summed E-state index contributed by atoms with van der Waals surface area (Å²) in [7, 11) is 1.84. The van der Waals surface area contributed by atoms with Gasteiger partial charge in [0.2, 0.25) is 11.7 Å². The lowest BCUT2D eigenvalue weighted by molar-refractivity contribution is 0.283. The monoisotopic (exact) mass is 429 g/mol. The molecule has 0 fully saturated rings. The zero-order chi connectivity index (χ0) is 21.9. The van der Waals surface area contributed by atoms with Crippen molar-refractivity contribution in [2.24, 2.45) is 7.05 Å². The van der Waals surface area contributed by atoms with Crippen LogP contribution < -0.4 is 4.74 Å². The Morgan fingerprint density at radius 3 is 2.84 bits per heavy atom. The molecule has 0 spiro atoms. The quantitative estimate of drug-likeness (QED) is 0.384. The predicted octanol–water partition coefficient (Wildman–Crippen LogP) is 2.45. The molecule has 0 aliphatic carbocycles. The number of aromatic nitrogens is 9. The summed E-state index contributed by atoms with van der Waals surface area (Å²) in [4.78, 5) is 8.95. The van der Waals surface area contributed by atoms with Crippen molar-refractivity contribution in [3.8, 4) is 28.7 Å². The van der Waals surface area contributed by atoms with Crippen LogP contribution in [0, 0.1) is 6.92 Å². The minimum Gasteiger partial charge on any atom is -0.471 e. The number of tetrazole rings is 1.